The van der Waals surface area contributed by atoms with Gasteiger partial charge in [0.2, 0.25) is 5.91 Å². The van der Waals surface area contributed by atoms with Gasteiger partial charge in [0.25, 0.3) is 5.56 Å². The molecule has 1 aromatic carbocycles. The summed E-state index contributed by atoms with van der Waals surface area (Å²) in [4.78, 5) is 29.1. The van der Waals surface area contributed by atoms with Crippen molar-refractivity contribution in [3.8, 4) is 5.75 Å². The SMILES string of the molecule is COc1ccc(CNC(=O)Cn2cnc3sccc3c2=O)cc1. The molecule has 0 radical (unpaired) electrons. The van der Waals surface area contributed by atoms with Gasteiger partial charge in [0.1, 0.15) is 17.1 Å². The summed E-state index contributed by atoms with van der Waals surface area (Å²) < 4.78 is 6.40. The average Bonchev–Trinajstić information content (AvgIpc) is 3.05. The summed E-state index contributed by atoms with van der Waals surface area (Å²) in [6.45, 7) is 0.347. The van der Waals surface area contributed by atoms with Crippen LogP contribution < -0.4 is 15.6 Å². The summed E-state index contributed by atoms with van der Waals surface area (Å²) in [7, 11) is 1.60. The summed E-state index contributed by atoms with van der Waals surface area (Å²) in [5, 5.41) is 5.14. The van der Waals surface area contributed by atoms with Crippen LogP contribution in [0.5, 0.6) is 5.75 Å². The van der Waals surface area contributed by atoms with Crippen molar-refractivity contribution >= 4 is 27.5 Å². The normalized spacial score (nSPS) is 10.7. The van der Waals surface area contributed by atoms with Crippen LogP contribution in [0.25, 0.3) is 10.2 Å². The number of hydrogen-bond donors (Lipinski definition) is 1. The number of nitrogens with one attached hydrogen (secondary N) is 1. The Morgan fingerprint density at radius 3 is 2.83 bits per heavy atom. The summed E-state index contributed by atoms with van der Waals surface area (Å²) in [5.74, 6) is 0.529. The number of rotatable bonds is 5. The Labute approximate surface area is 136 Å². The number of ether oxygens (including phenoxy) is 1. The minimum Gasteiger partial charge on any atom is -0.497 e. The first-order valence-corrected chi connectivity index (χ1v) is 7.87. The number of hydrogen-bond acceptors (Lipinski definition) is 5. The Morgan fingerprint density at radius 2 is 2.09 bits per heavy atom. The van der Waals surface area contributed by atoms with E-state index in [1.54, 1.807) is 13.2 Å². The number of methoxy groups -OCH3 is 1. The van der Waals surface area contributed by atoms with Crippen molar-refractivity contribution in [2.24, 2.45) is 0 Å². The van der Waals surface area contributed by atoms with Crippen LogP contribution in [-0.4, -0.2) is 22.6 Å². The molecule has 0 saturated carbocycles. The number of carbonyl (C=O) groups is 1. The van der Waals surface area contributed by atoms with Crippen LogP contribution in [0.3, 0.4) is 0 Å². The highest BCUT2D eigenvalue weighted by Gasteiger charge is 2.08. The van der Waals surface area contributed by atoms with Gasteiger partial charge in [-0.3, -0.25) is 14.2 Å². The van der Waals surface area contributed by atoms with E-state index in [1.807, 2.05) is 29.6 Å². The molecule has 6 nitrogen and oxygen atoms in total. The van der Waals surface area contributed by atoms with Crippen LogP contribution in [0.1, 0.15) is 5.56 Å². The summed E-state index contributed by atoms with van der Waals surface area (Å²) in [6.07, 6.45) is 1.41. The van der Waals surface area contributed by atoms with E-state index in [1.165, 1.54) is 22.2 Å². The Balaban J connectivity index is 1.64. The lowest BCUT2D eigenvalue weighted by Crippen LogP contribution is -2.32. The van der Waals surface area contributed by atoms with Crippen LogP contribution >= 0.6 is 11.3 Å². The van der Waals surface area contributed by atoms with Crippen molar-refractivity contribution in [3.63, 3.8) is 0 Å². The largest absolute Gasteiger partial charge is 0.497 e. The molecule has 0 bridgehead atoms. The van der Waals surface area contributed by atoms with E-state index in [-0.39, 0.29) is 18.0 Å². The first kappa shape index (κ1) is 15.2. The highest BCUT2D eigenvalue weighted by Crippen LogP contribution is 2.13. The standard InChI is InChI=1S/C16H15N3O3S/c1-22-12-4-2-11(3-5-12)8-17-14(20)9-19-10-18-15-13(16(19)21)6-7-23-15/h2-7,10H,8-9H2,1H3,(H,17,20). The molecule has 2 aromatic heterocycles. The zero-order valence-electron chi connectivity index (χ0n) is 12.5. The number of carbonyl (C=O) groups excluding carboxylic acids is 1. The average molecular weight is 329 g/mol. The van der Waals surface area contributed by atoms with Crippen LogP contribution in [0, 0.1) is 0 Å². The maximum absolute atomic E-state index is 12.2. The lowest BCUT2D eigenvalue weighted by Gasteiger charge is -2.08. The van der Waals surface area contributed by atoms with Gasteiger partial charge in [0, 0.05) is 6.54 Å². The van der Waals surface area contributed by atoms with Crippen LogP contribution in [0.4, 0.5) is 0 Å². The smallest absolute Gasteiger partial charge is 0.262 e. The monoisotopic (exact) mass is 329 g/mol. The molecule has 1 amide bonds. The zero-order valence-corrected chi connectivity index (χ0v) is 13.3. The topological polar surface area (TPSA) is 73.2 Å². The fourth-order valence-electron chi connectivity index (χ4n) is 2.16. The summed E-state index contributed by atoms with van der Waals surface area (Å²) >= 11 is 1.40. The summed E-state index contributed by atoms with van der Waals surface area (Å²) in [5.41, 5.74) is 0.758. The van der Waals surface area contributed by atoms with Crippen molar-refractivity contribution < 1.29 is 9.53 Å². The Hall–Kier alpha value is -2.67. The van der Waals surface area contributed by atoms with Crippen LogP contribution in [-0.2, 0) is 17.9 Å². The molecule has 0 aliphatic carbocycles. The lowest BCUT2D eigenvalue weighted by atomic mass is 10.2. The van der Waals surface area contributed by atoms with E-state index >= 15 is 0 Å². The number of benzene rings is 1. The molecule has 23 heavy (non-hydrogen) atoms. The van der Waals surface area contributed by atoms with Crippen molar-refractivity contribution in [1.29, 1.82) is 0 Å². The quantitative estimate of drug-likeness (QED) is 0.774. The number of thiophene rings is 1. The van der Waals surface area contributed by atoms with Crippen molar-refractivity contribution in [2.45, 2.75) is 13.1 Å². The fourth-order valence-corrected chi connectivity index (χ4v) is 2.88. The first-order valence-electron chi connectivity index (χ1n) is 6.99. The van der Waals surface area contributed by atoms with Gasteiger partial charge in [-0.1, -0.05) is 12.1 Å². The van der Waals surface area contributed by atoms with Crippen LogP contribution in [0.2, 0.25) is 0 Å². The van der Waals surface area contributed by atoms with Gasteiger partial charge < -0.3 is 10.1 Å². The Bertz CT molecular complexity index is 883. The highest BCUT2D eigenvalue weighted by molar-refractivity contribution is 7.16. The first-order chi connectivity index (χ1) is 11.2. The van der Waals surface area contributed by atoms with E-state index in [9.17, 15) is 9.59 Å². The van der Waals surface area contributed by atoms with Gasteiger partial charge in [-0.25, -0.2) is 4.98 Å². The number of amides is 1. The van der Waals surface area contributed by atoms with E-state index in [0.717, 1.165) is 11.3 Å². The number of aromatic nitrogens is 2. The molecule has 7 heteroatoms. The third-order valence-electron chi connectivity index (χ3n) is 3.41. The second-order valence-corrected chi connectivity index (χ2v) is 5.84. The summed E-state index contributed by atoms with van der Waals surface area (Å²) in [6, 6.07) is 9.15. The van der Waals surface area contributed by atoms with E-state index in [0.29, 0.717) is 16.8 Å². The molecule has 0 unspecified atom stereocenters. The second kappa shape index (κ2) is 6.62. The predicted octanol–water partition coefficient (Wildman–Crippen LogP) is 1.78. The maximum atomic E-state index is 12.2. The third-order valence-corrected chi connectivity index (χ3v) is 4.23. The van der Waals surface area contributed by atoms with Gasteiger partial charge in [-0.2, -0.15) is 0 Å². The molecule has 0 aliphatic rings. The van der Waals surface area contributed by atoms with Crippen molar-refractivity contribution in [1.82, 2.24) is 14.9 Å². The lowest BCUT2D eigenvalue weighted by molar-refractivity contribution is -0.121. The molecule has 3 rings (SSSR count). The molecule has 118 valence electrons. The van der Waals surface area contributed by atoms with Crippen LogP contribution in [0.15, 0.2) is 46.8 Å². The van der Waals surface area contributed by atoms with E-state index < -0.39 is 0 Å². The van der Waals surface area contributed by atoms with E-state index in [4.69, 9.17) is 4.74 Å². The van der Waals surface area contributed by atoms with E-state index in [2.05, 4.69) is 10.3 Å². The molecule has 0 saturated heterocycles. The molecule has 1 N–H and O–H groups in total. The minimum absolute atomic E-state index is 0.0478. The van der Waals surface area contributed by atoms with Gasteiger partial charge in [-0.15, -0.1) is 11.3 Å². The minimum atomic E-state index is -0.237. The van der Waals surface area contributed by atoms with Gasteiger partial charge in [0.15, 0.2) is 0 Å². The zero-order chi connectivity index (χ0) is 16.2. The second-order valence-electron chi connectivity index (χ2n) is 4.94. The predicted molar refractivity (Wildman–Crippen MR) is 88.7 cm³/mol. The molecule has 0 atom stereocenters. The molecule has 2 heterocycles. The van der Waals surface area contributed by atoms with Gasteiger partial charge in [0.05, 0.1) is 18.8 Å². The molecule has 0 fully saturated rings. The third kappa shape index (κ3) is 3.40. The fraction of sp³-hybridized carbons (Fsp3) is 0.188. The molecule has 0 spiro atoms. The molecular formula is C16H15N3O3S. The van der Waals surface area contributed by atoms with Crippen molar-refractivity contribution in [3.05, 3.63) is 58.0 Å². The van der Waals surface area contributed by atoms with Gasteiger partial charge >= 0.3 is 0 Å². The highest BCUT2D eigenvalue weighted by atomic mass is 32.1. The molecular weight excluding hydrogens is 314 g/mol. The number of nitrogens with zero attached hydrogens (tertiary/aromatic N) is 2. The molecule has 0 aliphatic heterocycles. The Kier molecular flexibility index (Phi) is 4.38. The van der Waals surface area contributed by atoms with Gasteiger partial charge in [-0.05, 0) is 29.1 Å². The molecule has 3 aromatic rings. The van der Waals surface area contributed by atoms with Crippen molar-refractivity contribution in [2.75, 3.05) is 7.11 Å². The maximum Gasteiger partial charge on any atom is 0.262 e. The number of fused-ring (bicyclic) bond motifs is 1. The Morgan fingerprint density at radius 1 is 1.30 bits per heavy atom.